The van der Waals surface area contributed by atoms with Gasteiger partial charge in [-0.25, -0.2) is 0 Å². The highest BCUT2D eigenvalue weighted by Crippen LogP contribution is 2.50. The van der Waals surface area contributed by atoms with Crippen molar-refractivity contribution in [3.63, 3.8) is 0 Å². The van der Waals surface area contributed by atoms with Gasteiger partial charge in [0.15, 0.2) is 0 Å². The van der Waals surface area contributed by atoms with Crippen LogP contribution in [0.2, 0.25) is 0 Å². The number of aromatic nitrogens is 1. The molecule has 2 aliphatic rings. The molecular formula is C31H31F6N3O3. The number of aliphatic imine (C=N–C) groups is 1. The molecule has 0 bridgehead atoms. The monoisotopic (exact) mass is 607 g/mol. The number of halogens is 6. The largest absolute Gasteiger partial charge is 0.490 e. The van der Waals surface area contributed by atoms with E-state index in [1.807, 2.05) is 24.8 Å². The lowest BCUT2D eigenvalue weighted by Gasteiger charge is -2.33. The highest BCUT2D eigenvalue weighted by atomic mass is 19.4. The maximum Gasteiger partial charge on any atom is 0.430 e. The second kappa shape index (κ2) is 11.0. The molecule has 230 valence electrons. The number of alkyl halides is 6. The SMILES string of the molecule is CCCc1cc(C(O)(C(F)(F)F)C(F)(F)F)ccc1Oc1ccnc(CN2C=NC(C)(c3ccc4c(c3)OC(C)C4)C2)c1. The van der Waals surface area contributed by atoms with Gasteiger partial charge in [-0.15, -0.1) is 0 Å². The maximum absolute atomic E-state index is 13.4. The lowest BCUT2D eigenvalue weighted by atomic mass is 9.90. The zero-order chi connectivity index (χ0) is 31.2. The normalized spacial score (nSPS) is 20.3. The molecule has 1 N–H and O–H groups in total. The summed E-state index contributed by atoms with van der Waals surface area (Å²) in [6, 6.07) is 11.7. The Hall–Kier alpha value is -3.80. The number of nitrogens with zero attached hydrogens (tertiary/aromatic N) is 3. The van der Waals surface area contributed by atoms with Crippen molar-refractivity contribution in [1.29, 1.82) is 0 Å². The third kappa shape index (κ3) is 5.89. The van der Waals surface area contributed by atoms with Crippen molar-refractivity contribution in [3.05, 3.63) is 82.7 Å². The summed E-state index contributed by atoms with van der Waals surface area (Å²) in [4.78, 5) is 11.1. The van der Waals surface area contributed by atoms with Crippen LogP contribution in [0.1, 0.15) is 55.1 Å². The minimum atomic E-state index is -5.97. The number of hydrogen-bond acceptors (Lipinski definition) is 6. The Kier molecular flexibility index (Phi) is 7.87. The molecule has 43 heavy (non-hydrogen) atoms. The fourth-order valence-corrected chi connectivity index (χ4v) is 5.48. The van der Waals surface area contributed by atoms with Gasteiger partial charge < -0.3 is 19.5 Å². The Balaban J connectivity index is 1.32. The molecule has 12 heteroatoms. The highest BCUT2D eigenvalue weighted by molar-refractivity contribution is 5.60. The van der Waals surface area contributed by atoms with E-state index in [4.69, 9.17) is 14.5 Å². The smallest absolute Gasteiger partial charge is 0.430 e. The number of pyridine rings is 1. The molecule has 2 aliphatic heterocycles. The molecule has 2 unspecified atom stereocenters. The van der Waals surface area contributed by atoms with Crippen molar-refractivity contribution in [1.82, 2.24) is 9.88 Å². The molecule has 0 aliphatic carbocycles. The fraction of sp³-hybridized carbons (Fsp3) is 0.419. The first-order valence-corrected chi connectivity index (χ1v) is 13.8. The molecule has 0 fully saturated rings. The molecule has 3 heterocycles. The van der Waals surface area contributed by atoms with Gasteiger partial charge in [-0.1, -0.05) is 31.5 Å². The zero-order valence-corrected chi connectivity index (χ0v) is 23.8. The van der Waals surface area contributed by atoms with Crippen LogP contribution in [0.15, 0.2) is 59.7 Å². The first-order chi connectivity index (χ1) is 20.1. The van der Waals surface area contributed by atoms with Crippen molar-refractivity contribution >= 4 is 6.34 Å². The Bertz CT molecular complexity index is 1510. The average molecular weight is 608 g/mol. The lowest BCUT2D eigenvalue weighted by Crippen LogP contribution is -2.53. The number of ether oxygens (including phenoxy) is 2. The molecule has 1 aromatic heterocycles. The first kappa shape index (κ1) is 30.7. The van der Waals surface area contributed by atoms with Crippen LogP contribution in [0, 0.1) is 0 Å². The number of hydrogen-bond donors (Lipinski definition) is 1. The number of aliphatic hydroxyl groups is 1. The van der Waals surface area contributed by atoms with Crippen LogP contribution in [0.4, 0.5) is 26.3 Å². The van der Waals surface area contributed by atoms with Crippen molar-refractivity contribution < 1.29 is 40.9 Å². The predicted molar refractivity (Wildman–Crippen MR) is 147 cm³/mol. The van der Waals surface area contributed by atoms with Crippen molar-refractivity contribution in [2.75, 3.05) is 6.54 Å². The molecule has 2 atom stereocenters. The summed E-state index contributed by atoms with van der Waals surface area (Å²) in [5.41, 5.74) is -3.91. The van der Waals surface area contributed by atoms with Crippen molar-refractivity contribution in [3.8, 4) is 17.2 Å². The molecule has 3 aromatic rings. The fourth-order valence-electron chi connectivity index (χ4n) is 5.48. The van der Waals surface area contributed by atoms with Gasteiger partial charge in [0.25, 0.3) is 5.60 Å². The number of aryl methyl sites for hydroxylation is 1. The second-order valence-electron chi connectivity index (χ2n) is 11.2. The van der Waals surface area contributed by atoms with Gasteiger partial charge in [0, 0.05) is 30.8 Å². The van der Waals surface area contributed by atoms with Gasteiger partial charge in [-0.2, -0.15) is 26.3 Å². The van der Waals surface area contributed by atoms with Crippen LogP contribution in [0.5, 0.6) is 17.2 Å². The summed E-state index contributed by atoms with van der Waals surface area (Å²) in [6.45, 7) is 6.76. The van der Waals surface area contributed by atoms with Gasteiger partial charge in [0.05, 0.1) is 18.6 Å². The first-order valence-electron chi connectivity index (χ1n) is 13.8. The van der Waals surface area contributed by atoms with E-state index in [2.05, 4.69) is 17.1 Å². The second-order valence-corrected chi connectivity index (χ2v) is 11.2. The van der Waals surface area contributed by atoms with Crippen LogP contribution >= 0.6 is 0 Å². The molecule has 6 nitrogen and oxygen atoms in total. The Morgan fingerprint density at radius 3 is 2.49 bits per heavy atom. The van der Waals surface area contributed by atoms with Crippen LogP contribution < -0.4 is 9.47 Å². The summed E-state index contributed by atoms with van der Waals surface area (Å²) in [5, 5.41) is 9.84. The van der Waals surface area contributed by atoms with E-state index in [0.717, 1.165) is 23.8 Å². The number of benzene rings is 2. The highest BCUT2D eigenvalue weighted by Gasteiger charge is 2.71. The Morgan fingerprint density at radius 2 is 1.79 bits per heavy atom. The van der Waals surface area contributed by atoms with E-state index in [1.54, 1.807) is 25.4 Å². The number of rotatable bonds is 8. The molecule has 0 amide bonds. The van der Waals surface area contributed by atoms with Crippen LogP contribution in [-0.2, 0) is 30.5 Å². The quantitative estimate of drug-likeness (QED) is 0.274. The van der Waals surface area contributed by atoms with Crippen LogP contribution in [-0.4, -0.2) is 46.3 Å². The van der Waals surface area contributed by atoms with Gasteiger partial charge in [0.2, 0.25) is 0 Å². The molecular weight excluding hydrogens is 576 g/mol. The van der Waals surface area contributed by atoms with E-state index in [1.165, 1.54) is 11.8 Å². The molecule has 0 saturated heterocycles. The van der Waals surface area contributed by atoms with E-state index >= 15 is 0 Å². The zero-order valence-electron chi connectivity index (χ0n) is 23.8. The number of fused-ring (bicyclic) bond motifs is 1. The predicted octanol–water partition coefficient (Wildman–Crippen LogP) is 7.22. The van der Waals surface area contributed by atoms with Gasteiger partial charge in [0.1, 0.15) is 28.9 Å². The van der Waals surface area contributed by atoms with Crippen LogP contribution in [0.3, 0.4) is 0 Å². The van der Waals surface area contributed by atoms with E-state index in [9.17, 15) is 31.4 Å². The van der Waals surface area contributed by atoms with E-state index in [-0.39, 0.29) is 23.8 Å². The van der Waals surface area contributed by atoms with Crippen molar-refractivity contribution in [2.24, 2.45) is 4.99 Å². The van der Waals surface area contributed by atoms with Gasteiger partial charge in [-0.05, 0) is 61.2 Å². The molecule has 0 radical (unpaired) electrons. The molecule has 5 rings (SSSR count). The Labute approximate surface area is 245 Å². The van der Waals surface area contributed by atoms with Gasteiger partial charge >= 0.3 is 12.4 Å². The van der Waals surface area contributed by atoms with Crippen LogP contribution in [0.25, 0.3) is 0 Å². The summed E-state index contributed by atoms with van der Waals surface area (Å²) < 4.78 is 92.5. The summed E-state index contributed by atoms with van der Waals surface area (Å²) in [7, 11) is 0. The third-order valence-corrected chi connectivity index (χ3v) is 7.74. The van der Waals surface area contributed by atoms with Crippen molar-refractivity contribution in [2.45, 2.75) is 76.2 Å². The topological polar surface area (TPSA) is 67.2 Å². The average Bonchev–Trinajstić information content (AvgIpc) is 3.49. The molecule has 2 aromatic carbocycles. The maximum atomic E-state index is 13.4. The minimum absolute atomic E-state index is 0.0814. The standard InChI is InChI=1S/C31H31F6N3O3/c1-4-5-20-13-23(29(41,30(32,33)34)31(35,36)37)8-9-26(20)43-25-10-11-38-24(15-25)16-40-17-28(3,39-18-40)22-7-6-21-12-19(2)42-27(21)14-22/h6-11,13-15,18-19,41H,4-5,12,16-17H2,1-3H3. The summed E-state index contributed by atoms with van der Waals surface area (Å²) in [5.74, 6) is 1.27. The van der Waals surface area contributed by atoms with Gasteiger partial charge in [-0.3, -0.25) is 9.98 Å². The van der Waals surface area contributed by atoms with E-state index in [0.29, 0.717) is 43.1 Å². The summed E-state index contributed by atoms with van der Waals surface area (Å²) in [6.07, 6.45) is -7.12. The van der Waals surface area contributed by atoms with E-state index < -0.39 is 29.1 Å². The summed E-state index contributed by atoms with van der Waals surface area (Å²) >= 11 is 0. The molecule has 0 spiro atoms. The lowest BCUT2D eigenvalue weighted by molar-refractivity contribution is -0.376. The minimum Gasteiger partial charge on any atom is -0.490 e. The Morgan fingerprint density at radius 1 is 1.05 bits per heavy atom. The molecule has 0 saturated carbocycles. The third-order valence-electron chi connectivity index (χ3n) is 7.74.